The molecular weight excluding hydrogens is 418 g/mol. The highest BCUT2D eigenvalue weighted by molar-refractivity contribution is 5.95. The van der Waals surface area contributed by atoms with Crippen molar-refractivity contribution in [3.05, 3.63) is 84.7 Å². The normalized spacial score (nSPS) is 14.6. The Labute approximate surface area is 191 Å². The fraction of sp³-hybridized carbons (Fsp3) is 0.154. The molecule has 2 heterocycles. The maximum absolute atomic E-state index is 13.2. The number of rotatable bonds is 6. The molecule has 0 saturated heterocycles. The Morgan fingerprint density at radius 3 is 2.73 bits per heavy atom. The number of hydrogen-bond acceptors (Lipinski definition) is 5. The SMILES string of the molecule is COc1ccc2c(c1)C[C@@H](C(=O)Nc1ccc(-c3cn[nH]c3)cc1Oc1ccccc1)CO2. The molecule has 1 amide bonds. The van der Waals surface area contributed by atoms with E-state index in [0.717, 1.165) is 28.2 Å². The lowest BCUT2D eigenvalue weighted by Gasteiger charge is -2.25. The summed E-state index contributed by atoms with van der Waals surface area (Å²) in [5.74, 6) is 2.30. The number of carbonyl (C=O) groups is 1. The van der Waals surface area contributed by atoms with Crippen LogP contribution in [0.3, 0.4) is 0 Å². The van der Waals surface area contributed by atoms with E-state index < -0.39 is 0 Å². The molecule has 0 spiro atoms. The van der Waals surface area contributed by atoms with Crippen LogP contribution in [-0.2, 0) is 11.2 Å². The van der Waals surface area contributed by atoms with Crippen molar-refractivity contribution in [2.45, 2.75) is 6.42 Å². The van der Waals surface area contributed by atoms with Crippen molar-refractivity contribution in [1.29, 1.82) is 0 Å². The van der Waals surface area contributed by atoms with Crippen molar-refractivity contribution in [3.8, 4) is 34.1 Å². The summed E-state index contributed by atoms with van der Waals surface area (Å²) in [5.41, 5.74) is 3.40. The number of carbonyl (C=O) groups excluding carboxylic acids is 1. The second-order valence-corrected chi connectivity index (χ2v) is 7.79. The van der Waals surface area contributed by atoms with Gasteiger partial charge in [0, 0.05) is 11.8 Å². The van der Waals surface area contributed by atoms with E-state index in [1.165, 1.54) is 0 Å². The van der Waals surface area contributed by atoms with Gasteiger partial charge in [-0.05, 0) is 60.0 Å². The number of hydrogen-bond donors (Lipinski definition) is 2. The summed E-state index contributed by atoms with van der Waals surface area (Å²) >= 11 is 0. The Hall–Kier alpha value is -4.26. The van der Waals surface area contributed by atoms with Gasteiger partial charge in [-0.15, -0.1) is 0 Å². The number of aromatic amines is 1. The third-order valence-corrected chi connectivity index (χ3v) is 5.59. The lowest BCUT2D eigenvalue weighted by Crippen LogP contribution is -2.32. The molecule has 0 fully saturated rings. The van der Waals surface area contributed by atoms with Crippen LogP contribution >= 0.6 is 0 Å². The quantitative estimate of drug-likeness (QED) is 0.436. The number of anilines is 1. The van der Waals surface area contributed by atoms with Crippen molar-refractivity contribution >= 4 is 11.6 Å². The Morgan fingerprint density at radius 2 is 1.94 bits per heavy atom. The van der Waals surface area contributed by atoms with E-state index in [4.69, 9.17) is 14.2 Å². The molecule has 1 atom stereocenters. The first-order chi connectivity index (χ1) is 16.2. The van der Waals surface area contributed by atoms with Crippen LogP contribution < -0.4 is 19.5 Å². The van der Waals surface area contributed by atoms with Gasteiger partial charge in [0.15, 0.2) is 5.75 Å². The minimum absolute atomic E-state index is 0.127. The molecule has 4 aromatic rings. The van der Waals surface area contributed by atoms with Crippen LogP contribution in [0.5, 0.6) is 23.0 Å². The average Bonchev–Trinajstić information content (AvgIpc) is 3.40. The largest absolute Gasteiger partial charge is 0.497 e. The number of benzene rings is 3. The standard InChI is InChI=1S/C26H23N3O4/c1-31-22-8-10-24-18(12-22)11-19(16-32-24)26(30)29-23-9-7-17(20-14-27-28-15-20)13-25(23)33-21-5-3-2-4-6-21/h2-10,12-15,19H,11,16H2,1H3,(H,27,28)(H,29,30)/t19-/m1/s1. The van der Waals surface area contributed by atoms with Crippen LogP contribution in [0.2, 0.25) is 0 Å². The van der Waals surface area contributed by atoms with Crippen LogP contribution in [-0.4, -0.2) is 29.8 Å². The van der Waals surface area contributed by atoms with E-state index in [1.807, 2.05) is 72.9 Å². The smallest absolute Gasteiger partial charge is 0.231 e. The van der Waals surface area contributed by atoms with E-state index in [0.29, 0.717) is 30.2 Å². The lowest BCUT2D eigenvalue weighted by molar-refractivity contribution is -0.121. The number of para-hydroxylation sites is 1. The first-order valence-corrected chi connectivity index (χ1v) is 10.7. The average molecular weight is 441 g/mol. The Morgan fingerprint density at radius 1 is 1.06 bits per heavy atom. The molecular formula is C26H23N3O4. The van der Waals surface area contributed by atoms with Crippen molar-refractivity contribution in [3.63, 3.8) is 0 Å². The van der Waals surface area contributed by atoms with Crippen molar-refractivity contribution in [1.82, 2.24) is 10.2 Å². The van der Waals surface area contributed by atoms with Crippen LogP contribution in [0.25, 0.3) is 11.1 Å². The highest BCUT2D eigenvalue weighted by Crippen LogP contribution is 2.35. The third-order valence-electron chi connectivity index (χ3n) is 5.59. The second-order valence-electron chi connectivity index (χ2n) is 7.79. The van der Waals surface area contributed by atoms with Gasteiger partial charge >= 0.3 is 0 Å². The molecule has 7 nitrogen and oxygen atoms in total. The molecule has 1 aromatic heterocycles. The van der Waals surface area contributed by atoms with Gasteiger partial charge in [0.2, 0.25) is 5.91 Å². The minimum atomic E-state index is -0.331. The van der Waals surface area contributed by atoms with Crippen LogP contribution in [0.4, 0.5) is 5.69 Å². The van der Waals surface area contributed by atoms with Gasteiger partial charge in [0.25, 0.3) is 0 Å². The number of amides is 1. The van der Waals surface area contributed by atoms with Crippen molar-refractivity contribution in [2.24, 2.45) is 5.92 Å². The maximum atomic E-state index is 13.2. The van der Waals surface area contributed by atoms with E-state index in [2.05, 4.69) is 15.5 Å². The molecule has 5 rings (SSSR count). The zero-order chi connectivity index (χ0) is 22.6. The van der Waals surface area contributed by atoms with Gasteiger partial charge < -0.3 is 19.5 Å². The molecule has 0 saturated carbocycles. The maximum Gasteiger partial charge on any atom is 0.231 e. The highest BCUT2D eigenvalue weighted by Gasteiger charge is 2.27. The summed E-state index contributed by atoms with van der Waals surface area (Å²) in [4.78, 5) is 13.2. The number of nitrogens with one attached hydrogen (secondary N) is 2. The van der Waals surface area contributed by atoms with E-state index in [1.54, 1.807) is 13.3 Å². The predicted octanol–water partition coefficient (Wildman–Crippen LogP) is 5.07. The molecule has 0 bridgehead atoms. The van der Waals surface area contributed by atoms with Crippen molar-refractivity contribution in [2.75, 3.05) is 19.0 Å². The Kier molecular flexibility index (Phi) is 5.68. The first kappa shape index (κ1) is 20.6. The second kappa shape index (κ2) is 9.08. The van der Waals surface area contributed by atoms with E-state index >= 15 is 0 Å². The zero-order valence-electron chi connectivity index (χ0n) is 18.1. The molecule has 3 aromatic carbocycles. The topological polar surface area (TPSA) is 85.5 Å². The molecule has 0 radical (unpaired) electrons. The van der Waals surface area contributed by atoms with Crippen LogP contribution in [0.15, 0.2) is 79.1 Å². The zero-order valence-corrected chi connectivity index (χ0v) is 18.1. The monoisotopic (exact) mass is 441 g/mol. The van der Waals surface area contributed by atoms with Gasteiger partial charge in [0.1, 0.15) is 23.9 Å². The number of aromatic nitrogens is 2. The van der Waals surface area contributed by atoms with Gasteiger partial charge in [-0.1, -0.05) is 24.3 Å². The first-order valence-electron chi connectivity index (χ1n) is 10.7. The Balaban J connectivity index is 1.39. The Bertz CT molecular complexity index is 1260. The molecule has 33 heavy (non-hydrogen) atoms. The minimum Gasteiger partial charge on any atom is -0.497 e. The lowest BCUT2D eigenvalue weighted by atomic mass is 9.95. The van der Waals surface area contributed by atoms with Gasteiger partial charge in [0.05, 0.1) is 24.9 Å². The fourth-order valence-electron chi connectivity index (χ4n) is 3.81. The summed E-state index contributed by atoms with van der Waals surface area (Å²) in [6, 6.07) is 20.8. The molecule has 2 N–H and O–H groups in total. The summed E-state index contributed by atoms with van der Waals surface area (Å²) < 4.78 is 17.3. The van der Waals surface area contributed by atoms with Gasteiger partial charge in [-0.2, -0.15) is 5.10 Å². The number of H-pyrrole nitrogens is 1. The van der Waals surface area contributed by atoms with E-state index in [9.17, 15) is 4.79 Å². The molecule has 166 valence electrons. The van der Waals surface area contributed by atoms with Crippen LogP contribution in [0.1, 0.15) is 5.56 Å². The number of fused-ring (bicyclic) bond motifs is 1. The van der Waals surface area contributed by atoms with Crippen LogP contribution in [0, 0.1) is 5.92 Å². The third kappa shape index (κ3) is 4.52. The molecule has 0 aliphatic carbocycles. The number of methoxy groups -OCH3 is 1. The summed E-state index contributed by atoms with van der Waals surface area (Å²) in [7, 11) is 1.62. The number of ether oxygens (including phenoxy) is 3. The van der Waals surface area contributed by atoms with Gasteiger partial charge in [-0.3, -0.25) is 9.89 Å². The predicted molar refractivity (Wildman–Crippen MR) is 125 cm³/mol. The van der Waals surface area contributed by atoms with Gasteiger partial charge in [-0.25, -0.2) is 0 Å². The summed E-state index contributed by atoms with van der Waals surface area (Å²) in [6.45, 7) is 0.313. The highest BCUT2D eigenvalue weighted by atomic mass is 16.5. The fourth-order valence-corrected chi connectivity index (χ4v) is 3.81. The molecule has 7 heteroatoms. The summed E-state index contributed by atoms with van der Waals surface area (Å²) in [5, 5.41) is 9.87. The number of nitrogens with zero attached hydrogens (tertiary/aromatic N) is 1. The summed E-state index contributed by atoms with van der Waals surface area (Å²) in [6.07, 6.45) is 4.12. The molecule has 1 aliphatic heterocycles. The molecule has 0 unspecified atom stereocenters. The van der Waals surface area contributed by atoms with E-state index in [-0.39, 0.29) is 11.8 Å². The molecule has 1 aliphatic rings. The van der Waals surface area contributed by atoms with Crippen molar-refractivity contribution < 1.29 is 19.0 Å².